The van der Waals surface area contributed by atoms with Crippen LogP contribution in [-0.4, -0.2) is 29.8 Å². The van der Waals surface area contributed by atoms with Gasteiger partial charge in [0.15, 0.2) is 0 Å². The Labute approximate surface area is 119 Å². The van der Waals surface area contributed by atoms with Crippen LogP contribution < -0.4 is 10.1 Å². The largest absolute Gasteiger partial charge is 0.495 e. The fraction of sp³-hybridized carbons (Fsp3) is 0.312. The summed E-state index contributed by atoms with van der Waals surface area (Å²) in [4.78, 5) is 4.26. The van der Waals surface area contributed by atoms with Gasteiger partial charge in [0.2, 0.25) is 0 Å². The van der Waals surface area contributed by atoms with Crippen LogP contribution in [0.25, 0.3) is 11.8 Å². The van der Waals surface area contributed by atoms with E-state index in [0.29, 0.717) is 0 Å². The molecule has 4 nitrogen and oxygen atoms in total. The minimum Gasteiger partial charge on any atom is -0.495 e. The summed E-state index contributed by atoms with van der Waals surface area (Å²) in [6.07, 6.45) is 7.18. The molecule has 3 rings (SSSR count). The molecule has 0 radical (unpaired) electrons. The number of hydrogen-bond acceptors (Lipinski definition) is 3. The number of aryl methyl sites for hydroxylation is 1. The Morgan fingerprint density at radius 1 is 1.40 bits per heavy atom. The van der Waals surface area contributed by atoms with Crippen LogP contribution in [-0.2, 0) is 0 Å². The molecule has 0 amide bonds. The molecule has 2 heterocycles. The van der Waals surface area contributed by atoms with Gasteiger partial charge in [-0.15, -0.1) is 0 Å². The van der Waals surface area contributed by atoms with Crippen LogP contribution in [0.2, 0.25) is 0 Å². The highest BCUT2D eigenvalue weighted by atomic mass is 16.5. The summed E-state index contributed by atoms with van der Waals surface area (Å²) >= 11 is 0. The monoisotopic (exact) mass is 269 g/mol. The van der Waals surface area contributed by atoms with E-state index in [0.717, 1.165) is 36.6 Å². The van der Waals surface area contributed by atoms with Gasteiger partial charge in [-0.1, -0.05) is 17.7 Å². The van der Waals surface area contributed by atoms with Gasteiger partial charge in [-0.2, -0.15) is 0 Å². The minimum atomic E-state index is 0.864. The number of imidazole rings is 1. The Balaban J connectivity index is 1.95. The molecule has 1 fully saturated rings. The number of methoxy groups -OCH3 is 1. The summed E-state index contributed by atoms with van der Waals surface area (Å²) in [5.74, 6) is 0.864. The fourth-order valence-corrected chi connectivity index (χ4v) is 2.50. The van der Waals surface area contributed by atoms with Crippen molar-refractivity contribution in [2.45, 2.75) is 13.3 Å². The van der Waals surface area contributed by atoms with Crippen LogP contribution >= 0.6 is 0 Å². The first-order valence-corrected chi connectivity index (χ1v) is 6.85. The second-order valence-electron chi connectivity index (χ2n) is 5.08. The highest BCUT2D eigenvalue weighted by Gasteiger charge is 2.09. The standard InChI is InChI=1S/C16H19N3O/c1-12-10-19(11-18-12)15-4-3-13(8-16(15)20-2)7-14-5-6-17-9-14/h3-4,7-8,10-11,17H,5-6,9H2,1-2H3/b14-7+. The Morgan fingerprint density at radius 3 is 2.95 bits per heavy atom. The Kier molecular flexibility index (Phi) is 3.56. The Hall–Kier alpha value is -2.07. The van der Waals surface area contributed by atoms with E-state index in [-0.39, 0.29) is 0 Å². The molecule has 4 heteroatoms. The Morgan fingerprint density at radius 2 is 2.30 bits per heavy atom. The van der Waals surface area contributed by atoms with Crippen molar-refractivity contribution in [3.63, 3.8) is 0 Å². The topological polar surface area (TPSA) is 39.1 Å². The maximum absolute atomic E-state index is 5.52. The third-order valence-electron chi connectivity index (χ3n) is 3.54. The second kappa shape index (κ2) is 5.51. The van der Waals surface area contributed by atoms with Gasteiger partial charge in [-0.05, 0) is 37.6 Å². The number of nitrogens with one attached hydrogen (secondary N) is 1. The lowest BCUT2D eigenvalue weighted by Crippen LogP contribution is -2.04. The molecule has 20 heavy (non-hydrogen) atoms. The van der Waals surface area contributed by atoms with E-state index in [9.17, 15) is 0 Å². The number of ether oxygens (including phenoxy) is 1. The lowest BCUT2D eigenvalue weighted by Gasteiger charge is -2.10. The van der Waals surface area contributed by atoms with E-state index < -0.39 is 0 Å². The molecule has 0 spiro atoms. The van der Waals surface area contributed by atoms with E-state index in [1.807, 2.05) is 24.0 Å². The number of aromatic nitrogens is 2. The average molecular weight is 269 g/mol. The number of nitrogens with zero attached hydrogens (tertiary/aromatic N) is 2. The summed E-state index contributed by atoms with van der Waals surface area (Å²) in [7, 11) is 1.71. The summed E-state index contributed by atoms with van der Waals surface area (Å²) in [5, 5.41) is 3.35. The zero-order valence-corrected chi connectivity index (χ0v) is 11.9. The highest BCUT2D eigenvalue weighted by Crippen LogP contribution is 2.26. The van der Waals surface area contributed by atoms with E-state index in [1.165, 1.54) is 11.1 Å². The van der Waals surface area contributed by atoms with Gasteiger partial charge in [0, 0.05) is 12.7 Å². The first-order chi connectivity index (χ1) is 9.76. The molecule has 1 aromatic carbocycles. The highest BCUT2D eigenvalue weighted by molar-refractivity contribution is 5.60. The summed E-state index contributed by atoms with van der Waals surface area (Å²) in [6.45, 7) is 4.05. The van der Waals surface area contributed by atoms with Gasteiger partial charge in [0.25, 0.3) is 0 Å². The van der Waals surface area contributed by atoms with E-state index in [4.69, 9.17) is 4.74 Å². The summed E-state index contributed by atoms with van der Waals surface area (Å²) in [6, 6.07) is 6.28. The van der Waals surface area contributed by atoms with E-state index in [1.54, 1.807) is 7.11 Å². The molecule has 1 N–H and O–H groups in total. The van der Waals surface area contributed by atoms with E-state index in [2.05, 4.69) is 34.6 Å². The molecule has 1 saturated heterocycles. The zero-order valence-electron chi connectivity index (χ0n) is 11.9. The third-order valence-corrected chi connectivity index (χ3v) is 3.54. The van der Waals surface area contributed by atoms with Crippen molar-refractivity contribution >= 4 is 6.08 Å². The van der Waals surface area contributed by atoms with Crippen LogP contribution in [0.3, 0.4) is 0 Å². The molecular formula is C16H19N3O. The second-order valence-corrected chi connectivity index (χ2v) is 5.08. The maximum atomic E-state index is 5.52. The SMILES string of the molecule is COc1cc(/C=C2\CCNC2)ccc1-n1cnc(C)c1. The van der Waals surface area contributed by atoms with Gasteiger partial charge in [-0.25, -0.2) is 4.98 Å². The predicted octanol–water partition coefficient (Wildman–Crippen LogP) is 2.57. The third kappa shape index (κ3) is 2.60. The minimum absolute atomic E-state index is 0.864. The van der Waals surface area contributed by atoms with Gasteiger partial charge in [0.05, 0.1) is 24.8 Å². The quantitative estimate of drug-likeness (QED) is 0.930. The Bertz CT molecular complexity index is 635. The van der Waals surface area contributed by atoms with Gasteiger partial charge >= 0.3 is 0 Å². The van der Waals surface area contributed by atoms with E-state index >= 15 is 0 Å². The van der Waals surface area contributed by atoms with Gasteiger partial charge < -0.3 is 14.6 Å². The molecule has 0 atom stereocenters. The normalized spacial score (nSPS) is 16.8. The molecule has 0 saturated carbocycles. The lowest BCUT2D eigenvalue weighted by molar-refractivity contribution is 0.413. The summed E-state index contributed by atoms with van der Waals surface area (Å²) < 4.78 is 7.51. The van der Waals surface area contributed by atoms with Crippen molar-refractivity contribution in [3.8, 4) is 11.4 Å². The summed E-state index contributed by atoms with van der Waals surface area (Å²) in [5.41, 5.74) is 4.63. The van der Waals surface area contributed by atoms with Crippen LogP contribution in [0.5, 0.6) is 5.75 Å². The number of benzene rings is 1. The van der Waals surface area contributed by atoms with Crippen molar-refractivity contribution in [2.75, 3.05) is 20.2 Å². The number of rotatable bonds is 3. The van der Waals surface area contributed by atoms with Crippen LogP contribution in [0.4, 0.5) is 0 Å². The molecule has 0 unspecified atom stereocenters. The lowest BCUT2D eigenvalue weighted by atomic mass is 10.1. The number of hydrogen-bond donors (Lipinski definition) is 1. The molecule has 0 aliphatic carbocycles. The van der Waals surface area contributed by atoms with Crippen molar-refractivity contribution in [1.82, 2.24) is 14.9 Å². The fourth-order valence-electron chi connectivity index (χ4n) is 2.50. The van der Waals surface area contributed by atoms with Crippen molar-refractivity contribution in [2.24, 2.45) is 0 Å². The zero-order chi connectivity index (χ0) is 13.9. The average Bonchev–Trinajstić information content (AvgIpc) is 3.10. The molecule has 1 aromatic heterocycles. The predicted molar refractivity (Wildman–Crippen MR) is 80.3 cm³/mol. The maximum Gasteiger partial charge on any atom is 0.143 e. The first-order valence-electron chi connectivity index (χ1n) is 6.85. The molecule has 104 valence electrons. The van der Waals surface area contributed by atoms with Crippen LogP contribution in [0.15, 0.2) is 36.3 Å². The van der Waals surface area contributed by atoms with Gasteiger partial charge in [0.1, 0.15) is 5.75 Å². The first kappa shape index (κ1) is 12.9. The van der Waals surface area contributed by atoms with Crippen molar-refractivity contribution in [1.29, 1.82) is 0 Å². The van der Waals surface area contributed by atoms with Crippen molar-refractivity contribution < 1.29 is 4.74 Å². The van der Waals surface area contributed by atoms with Crippen molar-refractivity contribution in [3.05, 3.63) is 47.6 Å². The molecule has 1 aliphatic rings. The van der Waals surface area contributed by atoms with Crippen LogP contribution in [0, 0.1) is 6.92 Å². The molecule has 1 aliphatic heterocycles. The molecule has 0 bridgehead atoms. The smallest absolute Gasteiger partial charge is 0.143 e. The molecular weight excluding hydrogens is 250 g/mol. The molecule has 2 aromatic rings. The van der Waals surface area contributed by atoms with Crippen LogP contribution in [0.1, 0.15) is 17.7 Å². The van der Waals surface area contributed by atoms with Gasteiger partial charge in [-0.3, -0.25) is 0 Å².